The van der Waals surface area contributed by atoms with Gasteiger partial charge in [-0.05, 0) is 46.2 Å². The van der Waals surface area contributed by atoms with Crippen molar-refractivity contribution >= 4 is 17.8 Å². The highest BCUT2D eigenvalue weighted by Crippen LogP contribution is 2.44. The lowest BCUT2D eigenvalue weighted by Gasteiger charge is -2.33. The summed E-state index contributed by atoms with van der Waals surface area (Å²) in [6.07, 6.45) is 1.26. The number of amides is 1. The van der Waals surface area contributed by atoms with E-state index < -0.39 is 29.3 Å². The van der Waals surface area contributed by atoms with E-state index in [1.54, 1.807) is 40.0 Å². The van der Waals surface area contributed by atoms with Gasteiger partial charge in [0.1, 0.15) is 11.2 Å². The lowest BCUT2D eigenvalue weighted by molar-refractivity contribution is -0.0242. The first-order valence-corrected chi connectivity index (χ1v) is 11.0. The van der Waals surface area contributed by atoms with Crippen molar-refractivity contribution in [1.82, 2.24) is 10.2 Å². The summed E-state index contributed by atoms with van der Waals surface area (Å²) in [6.45, 7) is 10.9. The number of esters is 1. The van der Waals surface area contributed by atoms with Crippen LogP contribution in [-0.2, 0) is 15.1 Å². The Morgan fingerprint density at radius 1 is 1.23 bits per heavy atom. The normalized spacial score (nSPS) is 18.5. The minimum atomic E-state index is -0.737. The maximum Gasteiger partial charge on any atom is 0.410 e. The third-order valence-electron chi connectivity index (χ3n) is 5.87. The van der Waals surface area contributed by atoms with E-state index in [2.05, 4.69) is 5.32 Å². The summed E-state index contributed by atoms with van der Waals surface area (Å²) >= 11 is 0. The van der Waals surface area contributed by atoms with Gasteiger partial charge in [-0.2, -0.15) is 0 Å². The molecular weight excluding hydrogens is 396 g/mol. The predicted octanol–water partition coefficient (Wildman–Crippen LogP) is 3.90. The SMILES string of the molecule is CC(C)C[C@H](C(=O)c1cccc2c1C(=O)OC21CCNCC1)N(C)C(=O)OC(C)(C)C. The molecule has 3 rings (SSSR count). The molecule has 0 aliphatic carbocycles. The van der Waals surface area contributed by atoms with E-state index >= 15 is 0 Å². The van der Waals surface area contributed by atoms with Gasteiger partial charge in [0.05, 0.1) is 11.6 Å². The molecule has 0 radical (unpaired) electrons. The highest BCUT2D eigenvalue weighted by molar-refractivity contribution is 6.11. The quantitative estimate of drug-likeness (QED) is 0.563. The van der Waals surface area contributed by atoms with Gasteiger partial charge >= 0.3 is 12.1 Å². The summed E-state index contributed by atoms with van der Waals surface area (Å²) in [5.41, 5.74) is 0.113. The molecule has 1 spiro atoms. The Morgan fingerprint density at radius 2 is 1.87 bits per heavy atom. The van der Waals surface area contributed by atoms with Crippen LogP contribution in [0, 0.1) is 5.92 Å². The van der Waals surface area contributed by atoms with Crippen LogP contribution in [-0.4, -0.2) is 54.5 Å². The van der Waals surface area contributed by atoms with Crippen LogP contribution in [0.5, 0.6) is 0 Å². The first-order chi connectivity index (χ1) is 14.4. The molecule has 7 nitrogen and oxygen atoms in total. The molecule has 1 fully saturated rings. The monoisotopic (exact) mass is 430 g/mol. The molecule has 2 aliphatic rings. The fourth-order valence-electron chi connectivity index (χ4n) is 4.37. The number of piperidine rings is 1. The minimum absolute atomic E-state index is 0.165. The Balaban J connectivity index is 1.98. The average Bonchev–Trinajstić information content (AvgIpc) is 2.95. The molecule has 1 amide bonds. The molecule has 1 atom stereocenters. The molecule has 170 valence electrons. The number of ether oxygens (including phenoxy) is 2. The number of nitrogens with zero attached hydrogens (tertiary/aromatic N) is 1. The van der Waals surface area contributed by atoms with Gasteiger partial charge in [0.2, 0.25) is 0 Å². The molecule has 0 saturated carbocycles. The van der Waals surface area contributed by atoms with E-state index in [1.165, 1.54) is 4.90 Å². The van der Waals surface area contributed by atoms with E-state index in [1.807, 2.05) is 19.9 Å². The molecule has 1 saturated heterocycles. The number of Topliss-reactive ketones (excluding diaryl/α,β-unsaturated/α-hetero) is 1. The van der Waals surface area contributed by atoms with Gasteiger partial charge < -0.3 is 19.7 Å². The summed E-state index contributed by atoms with van der Waals surface area (Å²) in [5.74, 6) is -0.552. The lowest BCUT2D eigenvalue weighted by Crippen LogP contribution is -2.45. The molecule has 7 heteroatoms. The summed E-state index contributed by atoms with van der Waals surface area (Å²) in [6, 6.07) is 4.62. The largest absolute Gasteiger partial charge is 0.450 e. The molecule has 1 N–H and O–H groups in total. The van der Waals surface area contributed by atoms with Crippen LogP contribution < -0.4 is 5.32 Å². The number of rotatable bonds is 5. The highest BCUT2D eigenvalue weighted by Gasteiger charge is 2.48. The van der Waals surface area contributed by atoms with Crippen molar-refractivity contribution in [2.45, 2.75) is 71.1 Å². The second-order valence-electron chi connectivity index (χ2n) is 9.96. The van der Waals surface area contributed by atoms with Gasteiger partial charge in [-0.25, -0.2) is 9.59 Å². The number of benzene rings is 1. The average molecular weight is 431 g/mol. The second kappa shape index (κ2) is 8.61. The zero-order chi connectivity index (χ0) is 23.0. The van der Waals surface area contributed by atoms with Crippen molar-refractivity contribution in [3.05, 3.63) is 34.9 Å². The van der Waals surface area contributed by atoms with Crippen LogP contribution in [0.1, 0.15) is 80.2 Å². The van der Waals surface area contributed by atoms with Gasteiger partial charge in [-0.1, -0.05) is 32.0 Å². The molecule has 1 aromatic rings. The van der Waals surface area contributed by atoms with Gasteiger partial charge in [-0.3, -0.25) is 4.79 Å². The summed E-state index contributed by atoms with van der Waals surface area (Å²) in [7, 11) is 1.58. The molecule has 2 aliphatic heterocycles. The number of hydrogen-bond acceptors (Lipinski definition) is 6. The Kier molecular flexibility index (Phi) is 6.46. The van der Waals surface area contributed by atoms with Crippen molar-refractivity contribution in [2.75, 3.05) is 20.1 Å². The maximum atomic E-state index is 13.7. The number of hydrogen-bond donors (Lipinski definition) is 1. The molecule has 0 aromatic heterocycles. The molecule has 1 aromatic carbocycles. The minimum Gasteiger partial charge on any atom is -0.450 e. The first kappa shape index (κ1) is 23.3. The van der Waals surface area contributed by atoms with Gasteiger partial charge in [0.25, 0.3) is 0 Å². The van der Waals surface area contributed by atoms with Crippen LogP contribution in [0.3, 0.4) is 0 Å². The standard InChI is InChI=1S/C24H34N2O5/c1-15(2)14-18(26(6)22(29)31-23(3,4)5)20(27)16-8-7-9-17-19(16)21(28)30-24(17)10-12-25-13-11-24/h7-9,15,18,25H,10-14H2,1-6H3/t18-/m1/s1. The molecule has 2 heterocycles. The molecule has 0 bridgehead atoms. The number of likely N-dealkylation sites (N-methyl/N-ethyl adjacent to an activating group) is 1. The first-order valence-electron chi connectivity index (χ1n) is 11.0. The van der Waals surface area contributed by atoms with Gasteiger partial charge in [-0.15, -0.1) is 0 Å². The van der Waals surface area contributed by atoms with Gasteiger partial charge in [0.15, 0.2) is 5.78 Å². The van der Waals surface area contributed by atoms with Crippen LogP contribution in [0.15, 0.2) is 18.2 Å². The molecular formula is C24H34N2O5. The van der Waals surface area contributed by atoms with E-state index in [9.17, 15) is 14.4 Å². The van der Waals surface area contributed by atoms with Gasteiger partial charge in [0, 0.05) is 31.0 Å². The van der Waals surface area contributed by atoms with Crippen molar-refractivity contribution in [3.63, 3.8) is 0 Å². The summed E-state index contributed by atoms with van der Waals surface area (Å²) in [4.78, 5) is 40.7. The maximum absolute atomic E-state index is 13.7. The number of ketones is 1. The molecule has 0 unspecified atom stereocenters. The highest BCUT2D eigenvalue weighted by atomic mass is 16.6. The summed E-state index contributed by atoms with van der Waals surface area (Å²) in [5, 5.41) is 3.29. The second-order valence-corrected chi connectivity index (χ2v) is 9.96. The van der Waals surface area contributed by atoms with Crippen molar-refractivity contribution in [1.29, 1.82) is 0 Å². The smallest absolute Gasteiger partial charge is 0.410 e. The van der Waals surface area contributed by atoms with Crippen molar-refractivity contribution in [2.24, 2.45) is 5.92 Å². The lowest BCUT2D eigenvalue weighted by atomic mass is 9.82. The van der Waals surface area contributed by atoms with Crippen LogP contribution in [0.25, 0.3) is 0 Å². The number of fused-ring (bicyclic) bond motifs is 2. The van der Waals surface area contributed by atoms with Crippen molar-refractivity contribution in [3.8, 4) is 0 Å². The third-order valence-corrected chi connectivity index (χ3v) is 5.87. The predicted molar refractivity (Wildman–Crippen MR) is 117 cm³/mol. The number of carbonyl (C=O) groups is 3. The Labute approximate surface area is 184 Å². The number of nitrogens with one attached hydrogen (secondary N) is 1. The van der Waals surface area contributed by atoms with Crippen molar-refractivity contribution < 1.29 is 23.9 Å². The fraction of sp³-hybridized carbons (Fsp3) is 0.625. The topological polar surface area (TPSA) is 84.9 Å². The van der Waals surface area contributed by atoms with Crippen LogP contribution >= 0.6 is 0 Å². The van der Waals surface area contributed by atoms with E-state index in [-0.39, 0.29) is 11.7 Å². The summed E-state index contributed by atoms with van der Waals surface area (Å²) < 4.78 is 11.3. The van der Waals surface area contributed by atoms with Crippen LogP contribution in [0.2, 0.25) is 0 Å². The zero-order valence-corrected chi connectivity index (χ0v) is 19.4. The fourth-order valence-corrected chi connectivity index (χ4v) is 4.37. The Hall–Kier alpha value is -2.41. The Bertz CT molecular complexity index is 865. The third kappa shape index (κ3) is 4.76. The Morgan fingerprint density at radius 3 is 2.45 bits per heavy atom. The van der Waals surface area contributed by atoms with E-state index in [4.69, 9.17) is 9.47 Å². The zero-order valence-electron chi connectivity index (χ0n) is 19.4. The number of carbonyl (C=O) groups excluding carboxylic acids is 3. The molecule has 31 heavy (non-hydrogen) atoms. The van der Waals surface area contributed by atoms with Crippen LogP contribution in [0.4, 0.5) is 4.79 Å². The van der Waals surface area contributed by atoms with E-state index in [0.717, 1.165) is 18.7 Å². The van der Waals surface area contributed by atoms with E-state index in [0.29, 0.717) is 30.4 Å².